The van der Waals surface area contributed by atoms with E-state index in [2.05, 4.69) is 5.32 Å². The minimum atomic E-state index is -0.777. The Morgan fingerprint density at radius 2 is 2.17 bits per heavy atom. The summed E-state index contributed by atoms with van der Waals surface area (Å²) in [4.78, 5) is 22.6. The van der Waals surface area contributed by atoms with E-state index in [1.165, 1.54) is 6.92 Å². The second-order valence-electron chi connectivity index (χ2n) is 4.70. The zero-order valence-electron chi connectivity index (χ0n) is 10.3. The Morgan fingerprint density at radius 3 is 2.83 bits per heavy atom. The van der Waals surface area contributed by atoms with Gasteiger partial charge in [-0.25, -0.2) is 0 Å². The maximum Gasteiger partial charge on any atom is 0.308 e. The van der Waals surface area contributed by atoms with Crippen molar-refractivity contribution in [2.45, 2.75) is 25.8 Å². The highest BCUT2D eigenvalue weighted by molar-refractivity contribution is 5.94. The monoisotopic (exact) mass is 247 g/mol. The van der Waals surface area contributed by atoms with Crippen molar-refractivity contribution in [3.8, 4) is 0 Å². The van der Waals surface area contributed by atoms with Crippen LogP contribution in [0.15, 0.2) is 24.3 Å². The summed E-state index contributed by atoms with van der Waals surface area (Å²) in [5, 5.41) is 12.5. The Bertz CT molecular complexity index is 470. The molecule has 0 radical (unpaired) electrons. The van der Waals surface area contributed by atoms with Gasteiger partial charge in [-0.1, -0.05) is 18.2 Å². The highest BCUT2D eigenvalue weighted by atomic mass is 16.4. The molecule has 1 heterocycles. The Balaban J connectivity index is 2.30. The Labute approximate surface area is 106 Å². The van der Waals surface area contributed by atoms with Crippen LogP contribution in [0.25, 0.3) is 0 Å². The number of carbonyl (C=O) groups excluding carboxylic acids is 1. The van der Waals surface area contributed by atoms with Crippen LogP contribution in [0.3, 0.4) is 0 Å². The predicted octanol–water partition coefficient (Wildman–Crippen LogP) is 2.01. The van der Waals surface area contributed by atoms with E-state index in [4.69, 9.17) is 0 Å². The lowest BCUT2D eigenvalue weighted by Gasteiger charge is -2.30. The van der Waals surface area contributed by atoms with E-state index in [1.807, 2.05) is 6.07 Å². The molecule has 0 bridgehead atoms. The Kier molecular flexibility index (Phi) is 3.77. The van der Waals surface area contributed by atoms with Crippen LogP contribution in [-0.2, 0) is 4.79 Å². The molecule has 2 atom stereocenters. The van der Waals surface area contributed by atoms with E-state index in [0.717, 1.165) is 18.5 Å². The van der Waals surface area contributed by atoms with Gasteiger partial charge in [0.1, 0.15) is 0 Å². The van der Waals surface area contributed by atoms with Crippen LogP contribution in [0.5, 0.6) is 0 Å². The third-order valence-electron chi connectivity index (χ3n) is 3.43. The number of benzene rings is 1. The van der Waals surface area contributed by atoms with Gasteiger partial charge in [0.25, 0.3) is 0 Å². The number of nitrogens with one attached hydrogen (secondary N) is 1. The third kappa shape index (κ3) is 2.59. The van der Waals surface area contributed by atoms with Gasteiger partial charge in [-0.15, -0.1) is 0 Å². The molecule has 1 fully saturated rings. The van der Waals surface area contributed by atoms with Gasteiger partial charge in [0.2, 0.25) is 0 Å². The van der Waals surface area contributed by atoms with Crippen LogP contribution >= 0.6 is 0 Å². The average molecular weight is 247 g/mol. The van der Waals surface area contributed by atoms with Gasteiger partial charge in [-0.2, -0.15) is 0 Å². The van der Waals surface area contributed by atoms with Crippen molar-refractivity contribution in [1.82, 2.24) is 5.32 Å². The largest absolute Gasteiger partial charge is 0.481 e. The Morgan fingerprint density at radius 1 is 1.39 bits per heavy atom. The molecule has 18 heavy (non-hydrogen) atoms. The highest BCUT2D eigenvalue weighted by Gasteiger charge is 2.31. The highest BCUT2D eigenvalue weighted by Crippen LogP contribution is 2.29. The lowest BCUT2D eigenvalue weighted by molar-refractivity contribution is -0.143. The lowest BCUT2D eigenvalue weighted by Crippen LogP contribution is -2.38. The molecular weight excluding hydrogens is 230 g/mol. The summed E-state index contributed by atoms with van der Waals surface area (Å²) in [5.74, 6) is -1.19. The maximum absolute atomic E-state index is 11.4. The van der Waals surface area contributed by atoms with Crippen molar-refractivity contribution in [3.63, 3.8) is 0 Å². The topological polar surface area (TPSA) is 66.4 Å². The van der Waals surface area contributed by atoms with Crippen LogP contribution in [0, 0.1) is 5.92 Å². The van der Waals surface area contributed by atoms with Crippen LogP contribution < -0.4 is 5.32 Å². The predicted molar refractivity (Wildman–Crippen MR) is 67.6 cm³/mol. The zero-order chi connectivity index (χ0) is 13.1. The van der Waals surface area contributed by atoms with Crippen molar-refractivity contribution in [2.75, 3.05) is 6.54 Å². The first kappa shape index (κ1) is 12.8. The molecule has 0 amide bonds. The van der Waals surface area contributed by atoms with E-state index in [-0.39, 0.29) is 11.8 Å². The number of aliphatic carboxylic acids is 1. The number of carbonyl (C=O) groups is 2. The number of carboxylic acids is 1. The first-order chi connectivity index (χ1) is 8.59. The van der Waals surface area contributed by atoms with E-state index in [9.17, 15) is 14.7 Å². The molecule has 0 spiro atoms. The quantitative estimate of drug-likeness (QED) is 0.802. The van der Waals surface area contributed by atoms with Gasteiger partial charge in [-0.05, 0) is 37.9 Å². The molecule has 2 unspecified atom stereocenters. The minimum Gasteiger partial charge on any atom is -0.481 e. The van der Waals surface area contributed by atoms with E-state index in [1.54, 1.807) is 18.2 Å². The molecule has 1 aromatic carbocycles. The van der Waals surface area contributed by atoms with Crippen LogP contribution in [0.4, 0.5) is 0 Å². The summed E-state index contributed by atoms with van der Waals surface area (Å²) >= 11 is 0. The smallest absolute Gasteiger partial charge is 0.308 e. The van der Waals surface area contributed by atoms with Crippen molar-refractivity contribution in [2.24, 2.45) is 5.92 Å². The Hall–Kier alpha value is -1.68. The minimum absolute atomic E-state index is 0.000431. The maximum atomic E-state index is 11.4. The van der Waals surface area contributed by atoms with Crippen LogP contribution in [0.2, 0.25) is 0 Å². The van der Waals surface area contributed by atoms with Gasteiger partial charge in [0, 0.05) is 11.6 Å². The van der Waals surface area contributed by atoms with Crippen molar-refractivity contribution < 1.29 is 14.7 Å². The molecule has 2 rings (SSSR count). The zero-order valence-corrected chi connectivity index (χ0v) is 10.3. The molecule has 4 heteroatoms. The molecule has 0 aromatic heterocycles. The number of ketones is 1. The third-order valence-corrected chi connectivity index (χ3v) is 3.43. The van der Waals surface area contributed by atoms with Gasteiger partial charge in [0.15, 0.2) is 5.78 Å². The number of piperidine rings is 1. The summed E-state index contributed by atoms with van der Waals surface area (Å²) in [7, 11) is 0. The van der Waals surface area contributed by atoms with Gasteiger partial charge in [0.05, 0.1) is 5.92 Å². The molecule has 0 saturated carbocycles. The first-order valence-electron chi connectivity index (χ1n) is 6.16. The molecule has 2 N–H and O–H groups in total. The molecule has 0 aliphatic carbocycles. The van der Waals surface area contributed by atoms with E-state index >= 15 is 0 Å². The van der Waals surface area contributed by atoms with Crippen molar-refractivity contribution in [3.05, 3.63) is 35.4 Å². The molecule has 96 valence electrons. The fourth-order valence-electron chi connectivity index (χ4n) is 2.46. The molecule has 1 aliphatic rings. The summed E-state index contributed by atoms with van der Waals surface area (Å²) in [6.45, 7) is 2.33. The molecule has 1 aliphatic heterocycles. The number of rotatable bonds is 3. The summed E-state index contributed by atoms with van der Waals surface area (Å²) in [6, 6.07) is 7.04. The summed E-state index contributed by atoms with van der Waals surface area (Å²) in [5.41, 5.74) is 1.51. The summed E-state index contributed by atoms with van der Waals surface area (Å²) in [6.07, 6.45) is 1.55. The fourth-order valence-corrected chi connectivity index (χ4v) is 2.46. The second kappa shape index (κ2) is 5.31. The number of hydrogen-bond acceptors (Lipinski definition) is 3. The SMILES string of the molecule is CC(=O)c1cccc(C2NCCCC2C(=O)O)c1. The summed E-state index contributed by atoms with van der Waals surface area (Å²) < 4.78 is 0. The number of carboxylic acid groups (broad SMARTS) is 1. The molecular formula is C14H17NO3. The standard InChI is InChI=1S/C14H17NO3/c1-9(16)10-4-2-5-11(8-10)13-12(14(17)18)6-3-7-15-13/h2,4-5,8,12-13,15H,3,6-7H2,1H3,(H,17,18). The van der Waals surface area contributed by atoms with Gasteiger partial charge >= 0.3 is 5.97 Å². The molecule has 1 saturated heterocycles. The van der Waals surface area contributed by atoms with Gasteiger partial charge < -0.3 is 10.4 Å². The average Bonchev–Trinajstić information content (AvgIpc) is 2.39. The normalized spacial score (nSPS) is 23.6. The van der Waals surface area contributed by atoms with Crippen LogP contribution in [-0.4, -0.2) is 23.4 Å². The van der Waals surface area contributed by atoms with Crippen LogP contribution in [0.1, 0.15) is 41.7 Å². The fraction of sp³-hybridized carbons (Fsp3) is 0.429. The molecule has 1 aromatic rings. The van der Waals surface area contributed by atoms with E-state index < -0.39 is 11.9 Å². The van der Waals surface area contributed by atoms with Gasteiger partial charge in [-0.3, -0.25) is 9.59 Å². The molecule has 4 nitrogen and oxygen atoms in total. The number of hydrogen-bond donors (Lipinski definition) is 2. The number of Topliss-reactive ketones (excluding diaryl/α,β-unsaturated/α-hetero) is 1. The van der Waals surface area contributed by atoms with E-state index in [0.29, 0.717) is 12.0 Å². The second-order valence-corrected chi connectivity index (χ2v) is 4.70. The lowest BCUT2D eigenvalue weighted by atomic mass is 9.85. The van der Waals surface area contributed by atoms with Crippen molar-refractivity contribution >= 4 is 11.8 Å². The first-order valence-corrected chi connectivity index (χ1v) is 6.16. The van der Waals surface area contributed by atoms with Crippen molar-refractivity contribution in [1.29, 1.82) is 0 Å².